The Kier molecular flexibility index (Phi) is 5.60. The first kappa shape index (κ1) is 18.5. The Labute approximate surface area is 147 Å². The van der Waals surface area contributed by atoms with Gasteiger partial charge in [0.25, 0.3) is 5.91 Å². The second-order valence-corrected chi connectivity index (χ2v) is 5.15. The molecule has 0 saturated heterocycles. The first-order valence-electron chi connectivity index (χ1n) is 7.27. The van der Waals surface area contributed by atoms with Crippen molar-refractivity contribution < 1.29 is 23.6 Å². The number of hydrogen-bond acceptors (Lipinski definition) is 6. The van der Waals surface area contributed by atoms with Gasteiger partial charge in [-0.15, -0.1) is 0 Å². The predicted molar refractivity (Wildman–Crippen MR) is 87.7 cm³/mol. The summed E-state index contributed by atoms with van der Waals surface area (Å²) < 4.78 is 18.3. The highest BCUT2D eigenvalue weighted by atomic mass is 19.1. The second kappa shape index (κ2) is 7.85. The molecule has 2 aromatic rings. The summed E-state index contributed by atoms with van der Waals surface area (Å²) in [6.45, 7) is 1.31. The van der Waals surface area contributed by atoms with Crippen molar-refractivity contribution >= 4 is 23.3 Å². The van der Waals surface area contributed by atoms with E-state index in [1.165, 1.54) is 31.2 Å². The first-order valence-corrected chi connectivity index (χ1v) is 7.27. The molecule has 0 radical (unpaired) electrons. The number of carbonyl (C=O) groups is 2. The number of amides is 1. The Balaban J connectivity index is 2.03. The fourth-order valence-corrected chi connectivity index (χ4v) is 1.94. The molecule has 8 nitrogen and oxygen atoms in total. The summed E-state index contributed by atoms with van der Waals surface area (Å²) in [5.41, 5.74) is -0.277. The van der Waals surface area contributed by atoms with Crippen molar-refractivity contribution in [1.82, 2.24) is 0 Å². The van der Waals surface area contributed by atoms with Gasteiger partial charge in [0.15, 0.2) is 6.10 Å². The number of ether oxygens (including phenoxy) is 1. The van der Waals surface area contributed by atoms with E-state index in [-0.39, 0.29) is 11.3 Å². The highest BCUT2D eigenvalue weighted by Crippen LogP contribution is 2.21. The molecule has 0 heterocycles. The van der Waals surface area contributed by atoms with E-state index in [1.54, 1.807) is 0 Å². The van der Waals surface area contributed by atoms with Gasteiger partial charge < -0.3 is 10.1 Å². The fraction of sp³-hybridized carbons (Fsp3) is 0.118. The number of benzene rings is 2. The summed E-state index contributed by atoms with van der Waals surface area (Å²) in [5.74, 6) is -2.55. The van der Waals surface area contributed by atoms with Crippen molar-refractivity contribution in [1.29, 1.82) is 5.26 Å². The minimum absolute atomic E-state index is 0.00984. The van der Waals surface area contributed by atoms with Gasteiger partial charge in [0.1, 0.15) is 0 Å². The van der Waals surface area contributed by atoms with Crippen molar-refractivity contribution in [3.63, 3.8) is 0 Å². The Morgan fingerprint density at radius 1 is 1.27 bits per heavy atom. The Morgan fingerprint density at radius 3 is 2.50 bits per heavy atom. The molecule has 9 heteroatoms. The predicted octanol–water partition coefficient (Wildman–Crippen LogP) is 2.79. The normalized spacial score (nSPS) is 11.1. The number of anilines is 1. The molecule has 0 bridgehead atoms. The van der Waals surface area contributed by atoms with Gasteiger partial charge in [-0.3, -0.25) is 14.9 Å². The second-order valence-electron chi connectivity index (χ2n) is 5.15. The maximum atomic E-state index is 13.3. The Bertz CT molecular complexity index is 906. The summed E-state index contributed by atoms with van der Waals surface area (Å²) in [6.07, 6.45) is -1.21. The summed E-state index contributed by atoms with van der Waals surface area (Å²) in [7, 11) is 0. The molecule has 0 aliphatic carbocycles. The van der Waals surface area contributed by atoms with Gasteiger partial charge in [-0.1, -0.05) is 0 Å². The largest absolute Gasteiger partial charge is 0.449 e. The summed E-state index contributed by atoms with van der Waals surface area (Å²) >= 11 is 0. The number of hydrogen-bond donors (Lipinski definition) is 1. The lowest BCUT2D eigenvalue weighted by atomic mass is 10.1. The van der Waals surface area contributed by atoms with Gasteiger partial charge in [0, 0.05) is 11.8 Å². The van der Waals surface area contributed by atoms with Crippen LogP contribution in [0, 0.1) is 27.3 Å². The monoisotopic (exact) mass is 357 g/mol. The highest BCUT2D eigenvalue weighted by molar-refractivity contribution is 5.97. The van der Waals surface area contributed by atoms with Crippen molar-refractivity contribution in [2.75, 3.05) is 5.32 Å². The molecule has 1 amide bonds. The molecule has 1 atom stereocenters. The third-order valence-electron chi connectivity index (χ3n) is 3.31. The fourth-order valence-electron chi connectivity index (χ4n) is 1.94. The maximum absolute atomic E-state index is 13.3. The van der Waals surface area contributed by atoms with Crippen LogP contribution >= 0.6 is 0 Å². The molecule has 0 unspecified atom stereocenters. The minimum Gasteiger partial charge on any atom is -0.449 e. The molecule has 0 aliphatic heterocycles. The standard InChI is InChI=1S/C17H12FN3O5/c1-10(26-17(23)12-4-2-11(9-19)3-5-12)16(22)20-13-6-7-14(18)15(8-13)21(24)25/h2-8,10H,1H3,(H,20,22)/t10-/m1/s1. The van der Waals surface area contributed by atoms with Crippen molar-refractivity contribution in [3.05, 3.63) is 69.5 Å². The van der Waals surface area contributed by atoms with Crippen LogP contribution < -0.4 is 5.32 Å². The van der Waals surface area contributed by atoms with Gasteiger partial charge in [-0.25, -0.2) is 4.79 Å². The number of nitrogens with zero attached hydrogens (tertiary/aromatic N) is 2. The topological polar surface area (TPSA) is 122 Å². The van der Waals surface area contributed by atoms with E-state index in [0.717, 1.165) is 18.2 Å². The Hall–Kier alpha value is -3.80. The number of nitro groups is 1. The number of nitrogens with one attached hydrogen (secondary N) is 1. The van der Waals surface area contributed by atoms with Crippen LogP contribution in [0.3, 0.4) is 0 Å². The minimum atomic E-state index is -1.21. The zero-order chi connectivity index (χ0) is 19.3. The maximum Gasteiger partial charge on any atom is 0.338 e. The Morgan fingerprint density at radius 2 is 1.92 bits per heavy atom. The van der Waals surface area contributed by atoms with E-state index in [9.17, 15) is 24.1 Å². The van der Waals surface area contributed by atoms with Gasteiger partial charge >= 0.3 is 11.7 Å². The van der Waals surface area contributed by atoms with Crippen LogP contribution in [0.4, 0.5) is 15.8 Å². The van der Waals surface area contributed by atoms with E-state index in [2.05, 4.69) is 5.32 Å². The molecule has 0 spiro atoms. The summed E-state index contributed by atoms with van der Waals surface area (Å²) in [6, 6.07) is 10.4. The molecular weight excluding hydrogens is 345 g/mol. The van der Waals surface area contributed by atoms with Crippen molar-refractivity contribution in [2.45, 2.75) is 13.0 Å². The molecule has 0 aliphatic rings. The molecule has 0 saturated carbocycles. The number of nitriles is 1. The van der Waals surface area contributed by atoms with E-state index >= 15 is 0 Å². The van der Waals surface area contributed by atoms with Crippen molar-refractivity contribution in [3.8, 4) is 6.07 Å². The zero-order valence-corrected chi connectivity index (χ0v) is 13.4. The average Bonchev–Trinajstić information content (AvgIpc) is 2.62. The van der Waals surface area contributed by atoms with E-state index in [4.69, 9.17) is 10.00 Å². The lowest BCUT2D eigenvalue weighted by Crippen LogP contribution is -2.30. The SMILES string of the molecule is C[C@@H](OC(=O)c1ccc(C#N)cc1)C(=O)Nc1ccc(F)c([N+](=O)[O-])c1. The van der Waals surface area contributed by atoms with E-state index in [1.807, 2.05) is 6.07 Å². The number of esters is 1. The van der Waals surface area contributed by atoms with Crippen molar-refractivity contribution in [2.24, 2.45) is 0 Å². The number of nitro benzene ring substituents is 1. The lowest BCUT2D eigenvalue weighted by molar-refractivity contribution is -0.387. The summed E-state index contributed by atoms with van der Waals surface area (Å²) in [5, 5.41) is 21.7. The lowest BCUT2D eigenvalue weighted by Gasteiger charge is -2.13. The molecular formula is C17H12FN3O5. The molecule has 2 aromatic carbocycles. The van der Waals surface area contributed by atoms with E-state index < -0.39 is 34.4 Å². The molecule has 26 heavy (non-hydrogen) atoms. The van der Waals surface area contributed by atoms with Gasteiger partial charge in [-0.2, -0.15) is 9.65 Å². The smallest absolute Gasteiger partial charge is 0.338 e. The van der Waals surface area contributed by atoms with Crippen LogP contribution in [0.5, 0.6) is 0 Å². The molecule has 132 valence electrons. The quantitative estimate of drug-likeness (QED) is 0.499. The first-order chi connectivity index (χ1) is 12.3. The van der Waals surface area contributed by atoms with Crippen LogP contribution in [0.2, 0.25) is 0 Å². The molecule has 0 fully saturated rings. The molecule has 2 rings (SSSR count). The number of halogens is 1. The number of carbonyl (C=O) groups excluding carboxylic acids is 2. The van der Waals surface area contributed by atoms with Gasteiger partial charge in [0.05, 0.1) is 22.1 Å². The average molecular weight is 357 g/mol. The van der Waals surface area contributed by atoms with Crippen LogP contribution in [0.1, 0.15) is 22.8 Å². The zero-order valence-electron chi connectivity index (χ0n) is 13.4. The third kappa shape index (κ3) is 4.39. The molecule has 1 N–H and O–H groups in total. The van der Waals surface area contributed by atoms with Crippen LogP contribution in [0.15, 0.2) is 42.5 Å². The number of rotatable bonds is 5. The van der Waals surface area contributed by atoms with Crippen LogP contribution in [-0.2, 0) is 9.53 Å². The summed E-state index contributed by atoms with van der Waals surface area (Å²) in [4.78, 5) is 33.8. The van der Waals surface area contributed by atoms with Gasteiger partial charge in [0.2, 0.25) is 5.82 Å². The van der Waals surface area contributed by atoms with Crippen LogP contribution in [0.25, 0.3) is 0 Å². The third-order valence-corrected chi connectivity index (χ3v) is 3.31. The van der Waals surface area contributed by atoms with E-state index in [0.29, 0.717) is 5.56 Å². The molecule has 0 aromatic heterocycles. The van der Waals surface area contributed by atoms with Crippen LogP contribution in [-0.4, -0.2) is 22.9 Å². The highest BCUT2D eigenvalue weighted by Gasteiger charge is 2.21. The van der Waals surface area contributed by atoms with Gasteiger partial charge in [-0.05, 0) is 43.3 Å².